The molecule has 1 unspecified atom stereocenters. The van der Waals surface area contributed by atoms with Crippen molar-refractivity contribution in [2.75, 3.05) is 6.54 Å². The van der Waals surface area contributed by atoms with E-state index < -0.39 is 0 Å². The van der Waals surface area contributed by atoms with Gasteiger partial charge in [-0.25, -0.2) is 0 Å². The molecular weight excluding hydrogens is 290 g/mol. The lowest BCUT2D eigenvalue weighted by atomic mass is 9.88. The zero-order chi connectivity index (χ0) is 16.9. The minimum atomic E-state index is 0. The molecule has 1 aliphatic carbocycles. The first kappa shape index (κ1) is 25.7. The van der Waals surface area contributed by atoms with Gasteiger partial charge in [0.2, 0.25) is 0 Å². The summed E-state index contributed by atoms with van der Waals surface area (Å²) in [5.41, 5.74) is 3.32. The Bertz CT molecular complexity index is 383. The van der Waals surface area contributed by atoms with E-state index in [0.29, 0.717) is 12.1 Å². The van der Waals surface area contributed by atoms with Crippen molar-refractivity contribution in [3.63, 3.8) is 0 Å². The van der Waals surface area contributed by atoms with E-state index in [-0.39, 0.29) is 14.9 Å². The van der Waals surface area contributed by atoms with Crippen molar-refractivity contribution in [1.29, 1.82) is 0 Å². The molecule has 144 valence electrons. The summed E-state index contributed by atoms with van der Waals surface area (Å²) in [5.74, 6) is 2.50. The highest BCUT2D eigenvalue weighted by molar-refractivity contribution is 5.17. The number of allylic oxidation sites excluding steroid dienone is 2. The second-order valence-corrected chi connectivity index (χ2v) is 8.22. The topological polar surface area (TPSA) is 3.24 Å². The number of hydrogen-bond acceptors (Lipinski definition) is 1. The van der Waals surface area contributed by atoms with Gasteiger partial charge >= 0.3 is 0 Å². The number of rotatable bonds is 3. The fourth-order valence-corrected chi connectivity index (χ4v) is 3.94. The Kier molecular flexibility index (Phi) is 12.7. The average molecular weight is 338 g/mol. The van der Waals surface area contributed by atoms with E-state index in [9.17, 15) is 0 Å². The van der Waals surface area contributed by atoms with Gasteiger partial charge in [0.1, 0.15) is 0 Å². The summed E-state index contributed by atoms with van der Waals surface area (Å²) in [5, 5.41) is 0. The van der Waals surface area contributed by atoms with Gasteiger partial charge in [0, 0.05) is 18.6 Å². The summed E-state index contributed by atoms with van der Waals surface area (Å²) in [6, 6.07) is 1.35. The predicted molar refractivity (Wildman–Crippen MR) is 114 cm³/mol. The van der Waals surface area contributed by atoms with Gasteiger partial charge in [-0.3, -0.25) is 4.90 Å². The molecule has 0 amide bonds. The van der Waals surface area contributed by atoms with Crippen LogP contribution < -0.4 is 0 Å². The maximum absolute atomic E-state index is 2.53. The molecule has 2 aliphatic rings. The fourth-order valence-electron chi connectivity index (χ4n) is 3.94. The van der Waals surface area contributed by atoms with Gasteiger partial charge < -0.3 is 0 Å². The molecule has 1 nitrogen and oxygen atoms in total. The van der Waals surface area contributed by atoms with Gasteiger partial charge in [-0.1, -0.05) is 65.8 Å². The van der Waals surface area contributed by atoms with Crippen LogP contribution in [0.5, 0.6) is 0 Å². The summed E-state index contributed by atoms with van der Waals surface area (Å²) < 4.78 is 0. The Balaban J connectivity index is 0. The predicted octanol–water partition coefficient (Wildman–Crippen LogP) is 7.34. The molecule has 1 heterocycles. The molecule has 0 bridgehead atoms. The van der Waals surface area contributed by atoms with Crippen LogP contribution in [0.4, 0.5) is 0 Å². The SMILES string of the molecule is C.C.CC(C)=C1CCC[C@H]1C(C)C.CC(C)C1C=CCN1C(C)C. The van der Waals surface area contributed by atoms with Crippen LogP contribution in [-0.2, 0) is 0 Å². The Hall–Kier alpha value is -0.560. The van der Waals surface area contributed by atoms with Gasteiger partial charge in [0.25, 0.3) is 0 Å². The monoisotopic (exact) mass is 337 g/mol. The number of hydrogen-bond donors (Lipinski definition) is 0. The molecule has 0 aromatic carbocycles. The Morgan fingerprint density at radius 3 is 1.92 bits per heavy atom. The summed E-state index contributed by atoms with van der Waals surface area (Å²) >= 11 is 0. The highest BCUT2D eigenvalue weighted by Gasteiger charge is 2.24. The van der Waals surface area contributed by atoms with Gasteiger partial charge in [-0.2, -0.15) is 0 Å². The molecule has 2 atom stereocenters. The van der Waals surface area contributed by atoms with E-state index in [4.69, 9.17) is 0 Å². The van der Waals surface area contributed by atoms with Crippen LogP contribution in [0.2, 0.25) is 0 Å². The second kappa shape index (κ2) is 11.9. The first-order chi connectivity index (χ1) is 10.3. The van der Waals surface area contributed by atoms with Crippen molar-refractivity contribution in [1.82, 2.24) is 4.90 Å². The molecule has 1 saturated carbocycles. The number of nitrogens with zero attached hydrogens (tertiary/aromatic N) is 1. The standard InChI is InChI=1S/C11H20.C10H19N.2CH4/c2*1-8(2)10-6-5-7-11(10)9(3)4;;/h8,10H,5-7H2,1-4H3;5-6,8-10H,7H2,1-4H3;2*1H4/t10-;;;/m0.../s1. The van der Waals surface area contributed by atoms with Crippen LogP contribution in [0.15, 0.2) is 23.3 Å². The van der Waals surface area contributed by atoms with Crippen molar-refractivity contribution in [3.8, 4) is 0 Å². The zero-order valence-corrected chi connectivity index (χ0v) is 16.3. The average Bonchev–Trinajstić information content (AvgIpc) is 3.08. The first-order valence-electron chi connectivity index (χ1n) is 9.34. The molecular formula is C23H47N. The van der Waals surface area contributed by atoms with E-state index in [1.165, 1.54) is 19.3 Å². The Morgan fingerprint density at radius 1 is 1.00 bits per heavy atom. The molecule has 1 aliphatic heterocycles. The van der Waals surface area contributed by atoms with Crippen LogP contribution in [0, 0.1) is 17.8 Å². The van der Waals surface area contributed by atoms with Crippen molar-refractivity contribution in [3.05, 3.63) is 23.3 Å². The van der Waals surface area contributed by atoms with E-state index in [2.05, 4.69) is 72.4 Å². The lowest BCUT2D eigenvalue weighted by molar-refractivity contribution is 0.183. The summed E-state index contributed by atoms with van der Waals surface area (Å²) in [7, 11) is 0. The maximum atomic E-state index is 2.53. The third kappa shape index (κ3) is 7.13. The van der Waals surface area contributed by atoms with Gasteiger partial charge in [0.15, 0.2) is 0 Å². The van der Waals surface area contributed by atoms with Crippen molar-refractivity contribution in [2.24, 2.45) is 17.8 Å². The third-order valence-electron chi connectivity index (χ3n) is 5.23. The molecule has 2 rings (SSSR count). The van der Waals surface area contributed by atoms with Gasteiger partial charge in [-0.05, 0) is 64.7 Å². The summed E-state index contributed by atoms with van der Waals surface area (Å²) in [6.07, 6.45) is 8.84. The lowest BCUT2D eigenvalue weighted by Gasteiger charge is -2.30. The smallest absolute Gasteiger partial charge is 0.0307 e. The van der Waals surface area contributed by atoms with Crippen LogP contribution in [0.25, 0.3) is 0 Å². The van der Waals surface area contributed by atoms with Gasteiger partial charge in [0.05, 0.1) is 0 Å². The lowest BCUT2D eigenvalue weighted by Crippen LogP contribution is -2.38. The van der Waals surface area contributed by atoms with Gasteiger partial charge in [-0.15, -0.1) is 0 Å². The van der Waals surface area contributed by atoms with Crippen molar-refractivity contribution < 1.29 is 0 Å². The molecule has 0 spiro atoms. The molecule has 0 aromatic rings. The Labute approximate surface area is 154 Å². The van der Waals surface area contributed by atoms with E-state index in [1.807, 2.05) is 0 Å². The minimum Gasteiger partial charge on any atom is -0.291 e. The summed E-state index contributed by atoms with van der Waals surface area (Å²) in [6.45, 7) is 19.5. The fraction of sp³-hybridized carbons (Fsp3) is 0.826. The molecule has 1 heteroatoms. The Morgan fingerprint density at radius 2 is 1.58 bits per heavy atom. The maximum Gasteiger partial charge on any atom is 0.0307 e. The molecule has 0 radical (unpaired) electrons. The normalized spacial score (nSPS) is 23.2. The second-order valence-electron chi connectivity index (χ2n) is 8.22. The summed E-state index contributed by atoms with van der Waals surface area (Å²) in [4.78, 5) is 2.53. The van der Waals surface area contributed by atoms with E-state index in [1.54, 1.807) is 11.1 Å². The van der Waals surface area contributed by atoms with Crippen LogP contribution in [0.3, 0.4) is 0 Å². The minimum absolute atomic E-state index is 0. The molecule has 0 aromatic heterocycles. The third-order valence-corrected chi connectivity index (χ3v) is 5.23. The van der Waals surface area contributed by atoms with E-state index >= 15 is 0 Å². The first-order valence-corrected chi connectivity index (χ1v) is 9.34. The quantitative estimate of drug-likeness (QED) is 0.487. The molecule has 0 saturated heterocycles. The van der Waals surface area contributed by atoms with Crippen LogP contribution in [-0.4, -0.2) is 23.5 Å². The van der Waals surface area contributed by atoms with Crippen LogP contribution >= 0.6 is 0 Å². The zero-order valence-electron chi connectivity index (χ0n) is 16.3. The van der Waals surface area contributed by atoms with Crippen LogP contribution in [0.1, 0.15) is 89.5 Å². The molecule has 24 heavy (non-hydrogen) atoms. The van der Waals surface area contributed by atoms with Crippen molar-refractivity contribution in [2.45, 2.75) is 102 Å². The molecule has 0 N–H and O–H groups in total. The highest BCUT2D eigenvalue weighted by atomic mass is 15.2. The largest absolute Gasteiger partial charge is 0.291 e. The highest BCUT2D eigenvalue weighted by Crippen LogP contribution is 2.37. The molecule has 1 fully saturated rings. The van der Waals surface area contributed by atoms with Crippen molar-refractivity contribution >= 4 is 0 Å². The van der Waals surface area contributed by atoms with E-state index in [0.717, 1.165) is 24.3 Å².